The van der Waals surface area contributed by atoms with E-state index in [0.717, 1.165) is 0 Å². The molecule has 0 saturated heterocycles. The average Bonchev–Trinajstić information content (AvgIpc) is 2.26. The van der Waals surface area contributed by atoms with E-state index in [1.807, 2.05) is 0 Å². The zero-order valence-corrected chi connectivity index (χ0v) is 15.7. The molecule has 0 amide bonds. The summed E-state index contributed by atoms with van der Waals surface area (Å²) < 4.78 is 1.27. The van der Waals surface area contributed by atoms with Crippen LogP contribution in [0.5, 0.6) is 0 Å². The molecule has 0 radical (unpaired) electrons. The van der Waals surface area contributed by atoms with Crippen molar-refractivity contribution in [3.05, 3.63) is 32.4 Å². The Kier molecular flexibility index (Phi) is 6.27. The zero-order valence-electron chi connectivity index (χ0n) is 12.0. The third-order valence-electron chi connectivity index (χ3n) is 3.20. The van der Waals surface area contributed by atoms with Crippen LogP contribution in [-0.4, -0.2) is 0 Å². The fourth-order valence-electron chi connectivity index (χ4n) is 2.03. The van der Waals surface area contributed by atoms with Gasteiger partial charge in [0.1, 0.15) is 0 Å². The van der Waals surface area contributed by atoms with Gasteiger partial charge in [-0.25, -0.2) is 0 Å². The van der Waals surface area contributed by atoms with E-state index in [-0.39, 0.29) is 0 Å². The van der Waals surface area contributed by atoms with Crippen LogP contribution >= 0.6 is 35.4 Å². The van der Waals surface area contributed by atoms with Crippen molar-refractivity contribution in [1.29, 1.82) is 0 Å². The fraction of sp³-hybridized carbons (Fsp3) is 0.600. The number of rotatable bonds is 4. The van der Waals surface area contributed by atoms with Crippen molar-refractivity contribution in [2.75, 3.05) is 0 Å². The molecule has 0 aromatic heterocycles. The minimum absolute atomic E-state index is 0.480. The monoisotopic (exact) mass is 400 g/mol. The predicted octanol–water partition coefficient (Wildman–Crippen LogP) is 7.04. The Bertz CT molecular complexity index is 380. The maximum absolute atomic E-state index is 6.36. The molecule has 104 valence electrons. The molecular weight excluding hydrogens is 378 g/mol. The summed E-state index contributed by atoms with van der Waals surface area (Å²) >= 11 is -2.00. The van der Waals surface area contributed by atoms with Gasteiger partial charge in [-0.15, -0.1) is 0 Å². The van der Waals surface area contributed by atoms with Gasteiger partial charge in [0.05, 0.1) is 0 Å². The van der Waals surface area contributed by atoms with Crippen LogP contribution in [0.3, 0.4) is 0 Å². The zero-order chi connectivity index (χ0) is 14.0. The summed E-state index contributed by atoms with van der Waals surface area (Å²) in [4.78, 5) is 0. The van der Waals surface area contributed by atoms with Gasteiger partial charge in [-0.2, -0.15) is 0 Å². The van der Waals surface area contributed by atoms with Gasteiger partial charge >= 0.3 is 127 Å². The Morgan fingerprint density at radius 2 is 1.17 bits per heavy atom. The van der Waals surface area contributed by atoms with Gasteiger partial charge in [0.15, 0.2) is 0 Å². The molecule has 0 nitrogen and oxygen atoms in total. The molecule has 1 rings (SSSR count). The van der Waals surface area contributed by atoms with Crippen LogP contribution in [0.15, 0.2) is 12.1 Å². The van der Waals surface area contributed by atoms with E-state index in [9.17, 15) is 0 Å². The molecule has 0 aliphatic rings. The van der Waals surface area contributed by atoms with E-state index >= 15 is 0 Å². The van der Waals surface area contributed by atoms with Crippen molar-refractivity contribution in [2.45, 2.75) is 59.3 Å². The second-order valence-electron chi connectivity index (χ2n) is 5.67. The minimum atomic E-state index is -2.00. The topological polar surface area (TPSA) is 0 Å². The van der Waals surface area contributed by atoms with Crippen molar-refractivity contribution in [3.63, 3.8) is 0 Å². The third-order valence-corrected chi connectivity index (χ3v) is 7.18. The van der Waals surface area contributed by atoms with Crippen LogP contribution in [-0.2, 0) is 0 Å². The Morgan fingerprint density at radius 1 is 0.778 bits per heavy atom. The second-order valence-corrected chi connectivity index (χ2v) is 12.7. The molecule has 0 aliphatic heterocycles. The van der Waals surface area contributed by atoms with Crippen LogP contribution < -0.4 is 0 Å². The molecule has 0 unspecified atom stereocenters. The van der Waals surface area contributed by atoms with Crippen LogP contribution in [0.4, 0.5) is 0 Å². The van der Waals surface area contributed by atoms with Crippen molar-refractivity contribution in [2.24, 2.45) is 0 Å². The van der Waals surface area contributed by atoms with Gasteiger partial charge in [0.2, 0.25) is 0 Å². The number of halogens is 3. The fourth-order valence-corrected chi connectivity index (χ4v) is 6.74. The summed E-state index contributed by atoms with van der Waals surface area (Å²) in [6.07, 6.45) is 0. The van der Waals surface area contributed by atoms with Crippen LogP contribution in [0.1, 0.15) is 76.0 Å². The van der Waals surface area contributed by atoms with E-state index < -0.39 is 17.6 Å². The standard InChI is InChI=1S/C15H23Cl2I/c1-9(2)12-7-13(10(3)4)15(18(16)17)14(8-12)11(5)6/h7-11H,1-6H3. The van der Waals surface area contributed by atoms with Crippen LogP contribution in [0, 0.1) is 3.57 Å². The Morgan fingerprint density at radius 3 is 1.39 bits per heavy atom. The predicted molar refractivity (Wildman–Crippen MR) is 93.1 cm³/mol. The van der Waals surface area contributed by atoms with E-state index in [2.05, 4.69) is 53.7 Å². The van der Waals surface area contributed by atoms with E-state index in [4.69, 9.17) is 17.8 Å². The third kappa shape index (κ3) is 3.77. The molecule has 1 aromatic carbocycles. The van der Waals surface area contributed by atoms with E-state index in [1.165, 1.54) is 20.3 Å². The van der Waals surface area contributed by atoms with Crippen molar-refractivity contribution in [3.8, 4) is 0 Å². The molecule has 1 aromatic rings. The van der Waals surface area contributed by atoms with Crippen molar-refractivity contribution in [1.82, 2.24) is 0 Å². The summed E-state index contributed by atoms with van der Waals surface area (Å²) in [7, 11) is 12.7. The molecule has 0 N–H and O–H groups in total. The first kappa shape index (κ1) is 16.6. The molecule has 0 heterocycles. The van der Waals surface area contributed by atoms with E-state index in [0.29, 0.717) is 17.8 Å². The molecule has 0 aliphatic carbocycles. The Hall–Kier alpha value is 0.530. The second kappa shape index (κ2) is 6.81. The molecule has 0 bridgehead atoms. The molecule has 0 spiro atoms. The van der Waals surface area contributed by atoms with Crippen LogP contribution in [0.2, 0.25) is 0 Å². The summed E-state index contributed by atoms with van der Waals surface area (Å²) in [6, 6.07) is 4.62. The van der Waals surface area contributed by atoms with Gasteiger partial charge in [0.25, 0.3) is 0 Å². The maximum atomic E-state index is 6.36. The SMILES string of the molecule is CC(C)c1cc(C(C)C)c(I(Cl)Cl)c(C(C)C)c1. The van der Waals surface area contributed by atoms with Gasteiger partial charge < -0.3 is 0 Å². The normalized spacial score (nSPS) is 12.7. The summed E-state index contributed by atoms with van der Waals surface area (Å²) in [5.41, 5.74) is 4.12. The first-order chi connectivity index (χ1) is 8.25. The quantitative estimate of drug-likeness (QED) is 0.475. The molecule has 0 saturated carbocycles. The van der Waals surface area contributed by atoms with Gasteiger partial charge in [-0.1, -0.05) is 0 Å². The van der Waals surface area contributed by atoms with Gasteiger partial charge in [-0.05, 0) is 0 Å². The molecule has 3 heteroatoms. The van der Waals surface area contributed by atoms with Crippen molar-refractivity contribution >= 4 is 35.4 Å². The average molecular weight is 401 g/mol. The molecule has 0 fully saturated rings. The first-order valence-corrected chi connectivity index (χ1v) is 13.0. The molecule has 0 atom stereocenters. The van der Waals surface area contributed by atoms with E-state index in [1.54, 1.807) is 0 Å². The summed E-state index contributed by atoms with van der Waals surface area (Å²) in [5.74, 6) is 1.50. The number of benzene rings is 1. The Labute approximate surface area is 126 Å². The van der Waals surface area contributed by atoms with Gasteiger partial charge in [0, 0.05) is 0 Å². The van der Waals surface area contributed by atoms with Gasteiger partial charge in [-0.3, -0.25) is 0 Å². The summed E-state index contributed by atoms with van der Waals surface area (Å²) in [6.45, 7) is 13.4. The Balaban J connectivity index is 3.55. The summed E-state index contributed by atoms with van der Waals surface area (Å²) in [5, 5.41) is 0. The van der Waals surface area contributed by atoms with Crippen LogP contribution in [0.25, 0.3) is 0 Å². The number of hydrogen-bond acceptors (Lipinski definition) is 0. The first-order valence-electron chi connectivity index (χ1n) is 6.46. The molecule has 18 heavy (non-hydrogen) atoms. The molecular formula is C15H23Cl2I. The van der Waals surface area contributed by atoms with Crippen molar-refractivity contribution < 1.29 is 0 Å². The number of hydrogen-bond donors (Lipinski definition) is 0.